The van der Waals surface area contributed by atoms with Crippen molar-refractivity contribution in [2.75, 3.05) is 6.54 Å². The van der Waals surface area contributed by atoms with Crippen molar-refractivity contribution in [1.82, 2.24) is 5.32 Å². The molecule has 1 saturated carbocycles. The summed E-state index contributed by atoms with van der Waals surface area (Å²) in [6, 6.07) is 7.63. The Labute approximate surface area is 117 Å². The lowest BCUT2D eigenvalue weighted by molar-refractivity contribution is 0.401. The maximum absolute atomic E-state index is 6.02. The Morgan fingerprint density at radius 2 is 1.84 bits per heavy atom. The van der Waals surface area contributed by atoms with E-state index in [0.717, 1.165) is 0 Å². The van der Waals surface area contributed by atoms with Gasteiger partial charge in [-0.3, -0.25) is 0 Å². The predicted octanol–water partition coefficient (Wildman–Crippen LogP) is 3.62. The number of rotatable bonds is 4. The average molecular weight is 260 g/mol. The Morgan fingerprint density at radius 1 is 1.16 bits per heavy atom. The molecule has 0 heterocycles. The molecule has 106 valence electrons. The van der Waals surface area contributed by atoms with Crippen LogP contribution in [0.2, 0.25) is 0 Å². The second-order valence-corrected chi connectivity index (χ2v) is 6.00. The number of hydrogen-bond acceptors (Lipinski definition) is 2. The topological polar surface area (TPSA) is 38.0 Å². The first-order valence-corrected chi connectivity index (χ1v) is 7.74. The monoisotopic (exact) mass is 260 g/mol. The van der Waals surface area contributed by atoms with E-state index in [4.69, 9.17) is 5.73 Å². The van der Waals surface area contributed by atoms with Gasteiger partial charge in [-0.15, -0.1) is 0 Å². The van der Waals surface area contributed by atoms with Gasteiger partial charge in [0, 0.05) is 18.6 Å². The van der Waals surface area contributed by atoms with Crippen LogP contribution >= 0.6 is 0 Å². The van der Waals surface area contributed by atoms with Gasteiger partial charge in [0.05, 0.1) is 0 Å². The lowest BCUT2D eigenvalue weighted by atomic mass is 9.97. The summed E-state index contributed by atoms with van der Waals surface area (Å²) in [6.07, 6.45) is 8.14. The standard InChI is InChI=1S/C17H28N2/c1-13-9-10-14(2)16(11-13)17(12-18)19-15-7-5-3-4-6-8-15/h9-11,15,17,19H,3-8,12,18H2,1-2H3. The first-order valence-electron chi connectivity index (χ1n) is 7.74. The fourth-order valence-electron chi connectivity index (χ4n) is 3.15. The van der Waals surface area contributed by atoms with Gasteiger partial charge >= 0.3 is 0 Å². The van der Waals surface area contributed by atoms with E-state index < -0.39 is 0 Å². The fourth-order valence-corrected chi connectivity index (χ4v) is 3.15. The first-order chi connectivity index (χ1) is 9.20. The van der Waals surface area contributed by atoms with Crippen molar-refractivity contribution in [1.29, 1.82) is 0 Å². The zero-order valence-electron chi connectivity index (χ0n) is 12.4. The lowest BCUT2D eigenvalue weighted by Crippen LogP contribution is -2.36. The van der Waals surface area contributed by atoms with Gasteiger partial charge in [-0.2, -0.15) is 0 Å². The molecule has 1 aromatic carbocycles. The summed E-state index contributed by atoms with van der Waals surface area (Å²) in [5.41, 5.74) is 10.1. The van der Waals surface area contributed by atoms with E-state index in [1.807, 2.05) is 0 Å². The molecule has 0 amide bonds. The second kappa shape index (κ2) is 7.06. The lowest BCUT2D eigenvalue weighted by Gasteiger charge is -2.26. The number of nitrogens with two attached hydrogens (primary N) is 1. The van der Waals surface area contributed by atoms with E-state index in [1.165, 1.54) is 55.2 Å². The molecule has 1 aliphatic rings. The van der Waals surface area contributed by atoms with Gasteiger partial charge in [-0.25, -0.2) is 0 Å². The van der Waals surface area contributed by atoms with Crippen molar-refractivity contribution in [3.05, 3.63) is 34.9 Å². The molecule has 1 aromatic rings. The number of benzene rings is 1. The van der Waals surface area contributed by atoms with E-state index >= 15 is 0 Å². The molecule has 3 N–H and O–H groups in total. The Bertz CT molecular complexity index is 392. The van der Waals surface area contributed by atoms with Crippen LogP contribution in [0.1, 0.15) is 61.3 Å². The van der Waals surface area contributed by atoms with E-state index in [1.54, 1.807) is 0 Å². The average Bonchev–Trinajstić information content (AvgIpc) is 2.67. The highest BCUT2D eigenvalue weighted by Gasteiger charge is 2.18. The van der Waals surface area contributed by atoms with Crippen LogP contribution in [0.4, 0.5) is 0 Å². The minimum Gasteiger partial charge on any atom is -0.329 e. The van der Waals surface area contributed by atoms with Gasteiger partial charge in [0.2, 0.25) is 0 Å². The zero-order valence-corrected chi connectivity index (χ0v) is 12.4. The van der Waals surface area contributed by atoms with Crippen LogP contribution in [0.15, 0.2) is 18.2 Å². The van der Waals surface area contributed by atoms with Crippen LogP contribution in [0.5, 0.6) is 0 Å². The molecule has 0 spiro atoms. The maximum atomic E-state index is 6.02. The summed E-state index contributed by atoms with van der Waals surface area (Å²) in [4.78, 5) is 0. The Kier molecular flexibility index (Phi) is 5.41. The number of aryl methyl sites for hydroxylation is 2. The number of hydrogen-bond donors (Lipinski definition) is 2. The summed E-state index contributed by atoms with van der Waals surface area (Å²) in [7, 11) is 0. The van der Waals surface area contributed by atoms with Crippen molar-refractivity contribution in [3.8, 4) is 0 Å². The third kappa shape index (κ3) is 4.05. The second-order valence-electron chi connectivity index (χ2n) is 6.00. The molecular weight excluding hydrogens is 232 g/mol. The molecule has 19 heavy (non-hydrogen) atoms. The molecule has 0 saturated heterocycles. The van der Waals surface area contributed by atoms with Crippen LogP contribution in [0.3, 0.4) is 0 Å². The number of nitrogens with one attached hydrogen (secondary N) is 1. The summed E-state index contributed by atoms with van der Waals surface area (Å²) in [5, 5.41) is 3.80. The van der Waals surface area contributed by atoms with E-state index in [2.05, 4.69) is 37.4 Å². The highest BCUT2D eigenvalue weighted by atomic mass is 15.0. The Hall–Kier alpha value is -0.860. The van der Waals surface area contributed by atoms with Gasteiger partial charge in [-0.05, 0) is 37.8 Å². The van der Waals surface area contributed by atoms with Gasteiger partial charge in [0.15, 0.2) is 0 Å². The van der Waals surface area contributed by atoms with Crippen molar-refractivity contribution in [2.45, 2.75) is 64.5 Å². The van der Waals surface area contributed by atoms with E-state index in [9.17, 15) is 0 Å². The van der Waals surface area contributed by atoms with Crippen molar-refractivity contribution in [3.63, 3.8) is 0 Å². The van der Waals surface area contributed by atoms with Crippen molar-refractivity contribution < 1.29 is 0 Å². The molecule has 1 atom stereocenters. The molecule has 1 fully saturated rings. The Morgan fingerprint density at radius 3 is 2.47 bits per heavy atom. The van der Waals surface area contributed by atoms with Crippen LogP contribution in [0, 0.1) is 13.8 Å². The Balaban J connectivity index is 2.08. The normalized spacial score (nSPS) is 19.1. The molecule has 1 unspecified atom stereocenters. The fraction of sp³-hybridized carbons (Fsp3) is 0.647. The third-order valence-corrected chi connectivity index (χ3v) is 4.34. The summed E-state index contributed by atoms with van der Waals surface area (Å²) >= 11 is 0. The van der Waals surface area contributed by atoms with Gasteiger partial charge in [0.1, 0.15) is 0 Å². The van der Waals surface area contributed by atoms with E-state index in [0.29, 0.717) is 18.6 Å². The molecule has 1 aliphatic carbocycles. The quantitative estimate of drug-likeness (QED) is 0.812. The van der Waals surface area contributed by atoms with Crippen LogP contribution in [0.25, 0.3) is 0 Å². The van der Waals surface area contributed by atoms with Gasteiger partial charge in [-0.1, -0.05) is 49.4 Å². The SMILES string of the molecule is Cc1ccc(C)c(C(CN)NC2CCCCCC2)c1. The zero-order chi connectivity index (χ0) is 13.7. The largest absolute Gasteiger partial charge is 0.329 e. The highest BCUT2D eigenvalue weighted by Crippen LogP contribution is 2.23. The molecule has 0 aromatic heterocycles. The molecular formula is C17H28N2. The smallest absolute Gasteiger partial charge is 0.0449 e. The first kappa shape index (κ1) is 14.5. The third-order valence-electron chi connectivity index (χ3n) is 4.34. The van der Waals surface area contributed by atoms with Crippen molar-refractivity contribution in [2.24, 2.45) is 5.73 Å². The van der Waals surface area contributed by atoms with Gasteiger partial charge < -0.3 is 11.1 Å². The molecule has 2 heteroatoms. The highest BCUT2D eigenvalue weighted by molar-refractivity contribution is 5.33. The van der Waals surface area contributed by atoms with Crippen LogP contribution in [-0.4, -0.2) is 12.6 Å². The minimum atomic E-state index is 0.308. The molecule has 0 aliphatic heterocycles. The minimum absolute atomic E-state index is 0.308. The van der Waals surface area contributed by atoms with Gasteiger partial charge in [0.25, 0.3) is 0 Å². The maximum Gasteiger partial charge on any atom is 0.0449 e. The summed E-state index contributed by atoms with van der Waals surface area (Å²) in [6.45, 7) is 5.02. The summed E-state index contributed by atoms with van der Waals surface area (Å²) < 4.78 is 0. The summed E-state index contributed by atoms with van der Waals surface area (Å²) in [5.74, 6) is 0. The molecule has 0 radical (unpaired) electrons. The van der Waals surface area contributed by atoms with Crippen LogP contribution < -0.4 is 11.1 Å². The van der Waals surface area contributed by atoms with Crippen molar-refractivity contribution >= 4 is 0 Å². The van der Waals surface area contributed by atoms with E-state index in [-0.39, 0.29) is 0 Å². The molecule has 2 rings (SSSR count). The molecule has 2 nitrogen and oxygen atoms in total. The predicted molar refractivity (Wildman–Crippen MR) is 82.3 cm³/mol. The molecule has 0 bridgehead atoms. The van der Waals surface area contributed by atoms with Crippen LogP contribution in [-0.2, 0) is 0 Å².